The van der Waals surface area contributed by atoms with E-state index in [0.29, 0.717) is 31.5 Å². The molecule has 0 amide bonds. The van der Waals surface area contributed by atoms with E-state index in [9.17, 15) is 14.7 Å². The van der Waals surface area contributed by atoms with Crippen LogP contribution in [0.2, 0.25) is 0 Å². The third-order valence-corrected chi connectivity index (χ3v) is 8.73. The van der Waals surface area contributed by atoms with Crippen LogP contribution in [0.5, 0.6) is 0 Å². The first kappa shape index (κ1) is 43.1. The summed E-state index contributed by atoms with van der Waals surface area (Å²) in [6.07, 6.45) is 39.5. The molecule has 0 spiro atoms. The van der Waals surface area contributed by atoms with E-state index in [1.807, 2.05) is 0 Å². The molecule has 1 rings (SSSR count). The van der Waals surface area contributed by atoms with E-state index in [0.717, 1.165) is 50.9 Å². The number of esters is 2. The van der Waals surface area contributed by atoms with Crippen LogP contribution in [0, 0.1) is 5.92 Å². The fourth-order valence-electron chi connectivity index (χ4n) is 5.65. The molecule has 0 aromatic rings. The summed E-state index contributed by atoms with van der Waals surface area (Å²) in [7, 11) is 0. The van der Waals surface area contributed by atoms with E-state index in [4.69, 9.17) is 14.2 Å². The lowest BCUT2D eigenvalue weighted by Crippen LogP contribution is -2.25. The van der Waals surface area contributed by atoms with E-state index in [-0.39, 0.29) is 25.2 Å². The number of carbonyl (C=O) groups is 2. The van der Waals surface area contributed by atoms with Gasteiger partial charge in [-0.05, 0) is 50.9 Å². The number of rotatable bonds is 33. The van der Waals surface area contributed by atoms with E-state index in [2.05, 4.69) is 57.2 Å². The summed E-state index contributed by atoms with van der Waals surface area (Å²) in [4.78, 5) is 23.9. The van der Waals surface area contributed by atoms with Crippen molar-refractivity contribution in [3.05, 3.63) is 36.5 Å². The SMILES string of the molecule is CCCCCC1OC1C/C=C\C/C=C\C/C=C\CCCC(=O)OC[C@@H](O)COC(=O)CCCCCCCCCCCCCCC(C)C. The number of epoxide rings is 1. The lowest BCUT2D eigenvalue weighted by Gasteiger charge is -2.12. The van der Waals surface area contributed by atoms with Gasteiger partial charge in [0, 0.05) is 12.8 Å². The fourth-order valence-corrected chi connectivity index (χ4v) is 5.65. The molecule has 0 radical (unpaired) electrons. The molecule has 2 unspecified atom stereocenters. The highest BCUT2D eigenvalue weighted by atomic mass is 16.6. The predicted molar refractivity (Wildman–Crippen MR) is 195 cm³/mol. The number of aliphatic hydroxyl groups is 1. The first-order valence-corrected chi connectivity index (χ1v) is 19.5. The van der Waals surface area contributed by atoms with E-state index < -0.39 is 6.10 Å². The molecule has 6 nitrogen and oxygen atoms in total. The molecule has 0 aliphatic carbocycles. The molecular weight excluding hydrogens is 588 g/mol. The van der Waals surface area contributed by atoms with Gasteiger partial charge in [-0.25, -0.2) is 0 Å². The molecule has 0 aromatic carbocycles. The summed E-state index contributed by atoms with van der Waals surface area (Å²) < 4.78 is 16.0. The standard InChI is InChI=1S/C41H72O6/c1-4-5-24-30-38-39(47-38)31-26-21-17-13-10-11-15-19-23-28-33-41(44)46-35-37(42)34-45-40(43)32-27-22-18-14-9-7-6-8-12-16-20-25-29-36(2)3/h10,13,15,19,21,26,36-39,42H,4-9,11-12,14,16-18,20,22-25,27-35H2,1-3H3/b13-10-,19-15-,26-21-/t37-,38?,39?/m0/s1. The maximum absolute atomic E-state index is 12.0. The summed E-state index contributed by atoms with van der Waals surface area (Å²) in [5, 5.41) is 10.0. The van der Waals surface area contributed by atoms with Gasteiger partial charge in [0.15, 0.2) is 0 Å². The van der Waals surface area contributed by atoms with E-state index in [1.54, 1.807) is 0 Å². The number of unbranched alkanes of at least 4 members (excludes halogenated alkanes) is 14. The second kappa shape index (κ2) is 31.4. The van der Waals surface area contributed by atoms with Crippen molar-refractivity contribution in [2.75, 3.05) is 13.2 Å². The van der Waals surface area contributed by atoms with Gasteiger partial charge in [-0.3, -0.25) is 9.59 Å². The minimum atomic E-state index is -0.987. The maximum Gasteiger partial charge on any atom is 0.305 e. The maximum atomic E-state index is 12.0. The zero-order chi connectivity index (χ0) is 34.2. The van der Waals surface area contributed by atoms with Gasteiger partial charge in [0.25, 0.3) is 0 Å². The Balaban J connectivity index is 1.85. The van der Waals surface area contributed by atoms with Crippen molar-refractivity contribution in [1.29, 1.82) is 0 Å². The second-order valence-electron chi connectivity index (χ2n) is 13.9. The highest BCUT2D eigenvalue weighted by molar-refractivity contribution is 5.69. The molecule has 6 heteroatoms. The van der Waals surface area contributed by atoms with Gasteiger partial charge in [0.2, 0.25) is 0 Å². The van der Waals surface area contributed by atoms with Crippen LogP contribution < -0.4 is 0 Å². The first-order valence-electron chi connectivity index (χ1n) is 19.5. The number of ether oxygens (including phenoxy) is 3. The minimum absolute atomic E-state index is 0.135. The van der Waals surface area contributed by atoms with Crippen LogP contribution in [0.3, 0.4) is 0 Å². The number of aliphatic hydroxyl groups excluding tert-OH is 1. The largest absolute Gasteiger partial charge is 0.463 e. The van der Waals surface area contributed by atoms with Crippen molar-refractivity contribution in [3.63, 3.8) is 0 Å². The topological polar surface area (TPSA) is 85.4 Å². The lowest BCUT2D eigenvalue weighted by atomic mass is 10.0. The summed E-state index contributed by atoms with van der Waals surface area (Å²) in [5.74, 6) is 0.206. The van der Waals surface area contributed by atoms with Gasteiger partial charge in [0.05, 0.1) is 12.2 Å². The molecule has 1 aliphatic rings. The number of hydrogen-bond acceptors (Lipinski definition) is 6. The van der Waals surface area contributed by atoms with Crippen LogP contribution in [0.4, 0.5) is 0 Å². The van der Waals surface area contributed by atoms with Gasteiger partial charge in [-0.1, -0.05) is 154 Å². The average Bonchev–Trinajstić information content (AvgIpc) is 3.81. The predicted octanol–water partition coefficient (Wildman–Crippen LogP) is 10.9. The monoisotopic (exact) mass is 661 g/mol. The molecule has 272 valence electrons. The second-order valence-corrected chi connectivity index (χ2v) is 13.9. The molecule has 1 aliphatic heterocycles. The summed E-state index contributed by atoms with van der Waals surface area (Å²) in [5.41, 5.74) is 0. The Morgan fingerprint density at radius 3 is 1.72 bits per heavy atom. The Morgan fingerprint density at radius 1 is 0.638 bits per heavy atom. The zero-order valence-corrected chi connectivity index (χ0v) is 30.6. The summed E-state index contributed by atoms with van der Waals surface area (Å²) in [6.45, 7) is 6.56. The molecule has 47 heavy (non-hydrogen) atoms. The highest BCUT2D eigenvalue weighted by Gasteiger charge is 2.36. The Kier molecular flexibility index (Phi) is 28.8. The molecule has 1 N–H and O–H groups in total. The van der Waals surface area contributed by atoms with Crippen molar-refractivity contribution < 1.29 is 28.9 Å². The molecule has 0 bridgehead atoms. The van der Waals surface area contributed by atoms with Crippen molar-refractivity contribution in [3.8, 4) is 0 Å². The fraction of sp³-hybridized carbons (Fsp3) is 0.805. The molecule has 3 atom stereocenters. The quantitative estimate of drug-likeness (QED) is 0.0326. The van der Waals surface area contributed by atoms with Crippen LogP contribution in [-0.2, 0) is 23.8 Å². The molecule has 1 fully saturated rings. The first-order chi connectivity index (χ1) is 22.9. The van der Waals surface area contributed by atoms with Gasteiger partial charge in [-0.2, -0.15) is 0 Å². The minimum Gasteiger partial charge on any atom is -0.463 e. The summed E-state index contributed by atoms with van der Waals surface area (Å²) in [6, 6.07) is 0. The average molecular weight is 661 g/mol. The molecule has 0 aromatic heterocycles. The van der Waals surface area contributed by atoms with E-state index in [1.165, 1.54) is 89.9 Å². The number of carbonyl (C=O) groups excluding carboxylic acids is 2. The van der Waals surface area contributed by atoms with Gasteiger partial charge >= 0.3 is 11.9 Å². The van der Waals surface area contributed by atoms with Crippen LogP contribution in [0.1, 0.15) is 175 Å². The van der Waals surface area contributed by atoms with Crippen molar-refractivity contribution >= 4 is 11.9 Å². The van der Waals surface area contributed by atoms with Crippen LogP contribution in [0.25, 0.3) is 0 Å². The van der Waals surface area contributed by atoms with Crippen LogP contribution in [-0.4, -0.2) is 48.6 Å². The number of hydrogen-bond donors (Lipinski definition) is 1. The lowest BCUT2D eigenvalue weighted by molar-refractivity contribution is -0.152. The third kappa shape index (κ3) is 29.9. The normalized spacial score (nSPS) is 17.0. The number of allylic oxidation sites excluding steroid dienone is 5. The van der Waals surface area contributed by atoms with Gasteiger partial charge in [-0.15, -0.1) is 0 Å². The van der Waals surface area contributed by atoms with E-state index >= 15 is 0 Å². The van der Waals surface area contributed by atoms with Crippen molar-refractivity contribution in [2.45, 2.75) is 193 Å². The summed E-state index contributed by atoms with van der Waals surface area (Å²) >= 11 is 0. The Labute approximate surface area is 289 Å². The highest BCUT2D eigenvalue weighted by Crippen LogP contribution is 2.30. The zero-order valence-electron chi connectivity index (χ0n) is 30.6. The smallest absolute Gasteiger partial charge is 0.305 e. The molecule has 1 saturated heterocycles. The van der Waals surface area contributed by atoms with Crippen LogP contribution >= 0.6 is 0 Å². The molecular formula is C41H72O6. The van der Waals surface area contributed by atoms with Gasteiger partial charge in [0.1, 0.15) is 19.3 Å². The van der Waals surface area contributed by atoms with Crippen molar-refractivity contribution in [2.24, 2.45) is 5.92 Å². The van der Waals surface area contributed by atoms with Gasteiger partial charge < -0.3 is 19.3 Å². The Bertz CT molecular complexity index is 832. The molecule has 0 saturated carbocycles. The Hall–Kier alpha value is -1.92. The molecule has 1 heterocycles. The van der Waals surface area contributed by atoms with Crippen molar-refractivity contribution in [1.82, 2.24) is 0 Å². The van der Waals surface area contributed by atoms with Crippen LogP contribution in [0.15, 0.2) is 36.5 Å². The Morgan fingerprint density at radius 2 is 1.15 bits per heavy atom. The third-order valence-electron chi connectivity index (χ3n) is 8.73.